The maximum absolute atomic E-state index is 5.80. The van der Waals surface area contributed by atoms with Gasteiger partial charge in [-0.25, -0.2) is 9.97 Å². The van der Waals surface area contributed by atoms with Crippen molar-refractivity contribution in [2.24, 2.45) is 0 Å². The molecule has 1 aliphatic heterocycles. The van der Waals surface area contributed by atoms with E-state index in [0.29, 0.717) is 12.0 Å². The predicted molar refractivity (Wildman–Crippen MR) is 82.2 cm³/mol. The Morgan fingerprint density at radius 2 is 2.20 bits per heavy atom. The average molecular weight is 277 g/mol. The Morgan fingerprint density at radius 3 is 2.85 bits per heavy atom. The number of ether oxygens (including phenoxy) is 1. The third-order valence-electron chi connectivity index (χ3n) is 3.62. The smallest absolute Gasteiger partial charge is 0.133 e. The summed E-state index contributed by atoms with van der Waals surface area (Å²) in [7, 11) is 0. The molecule has 1 aromatic heterocycles. The molecule has 1 saturated heterocycles. The zero-order chi connectivity index (χ0) is 14.4. The minimum absolute atomic E-state index is 0.296. The number of hydrogen-bond acceptors (Lipinski definition) is 4. The Morgan fingerprint density at radius 1 is 1.35 bits per heavy atom. The second-order valence-corrected chi connectivity index (χ2v) is 5.87. The molecule has 1 fully saturated rings. The van der Waals surface area contributed by atoms with Crippen LogP contribution in [0.2, 0.25) is 0 Å². The molecule has 1 unspecified atom stereocenters. The molecule has 1 aromatic rings. The fourth-order valence-corrected chi connectivity index (χ4v) is 2.42. The Balaban J connectivity index is 2.10. The van der Waals surface area contributed by atoms with E-state index >= 15 is 0 Å². The molecule has 4 heteroatoms. The first-order valence-corrected chi connectivity index (χ1v) is 7.92. The van der Waals surface area contributed by atoms with Crippen molar-refractivity contribution in [3.63, 3.8) is 0 Å². The Bertz CT molecular complexity index is 414. The van der Waals surface area contributed by atoms with Crippen LogP contribution >= 0.6 is 0 Å². The summed E-state index contributed by atoms with van der Waals surface area (Å²) in [4.78, 5) is 9.35. The summed E-state index contributed by atoms with van der Waals surface area (Å²) in [6.45, 7) is 8.34. The molecule has 0 spiro atoms. The van der Waals surface area contributed by atoms with Gasteiger partial charge in [0, 0.05) is 31.3 Å². The third-order valence-corrected chi connectivity index (χ3v) is 3.62. The van der Waals surface area contributed by atoms with Gasteiger partial charge in [-0.3, -0.25) is 0 Å². The largest absolute Gasteiger partial charge is 0.378 e. The number of anilines is 1. The van der Waals surface area contributed by atoms with Crippen molar-refractivity contribution in [2.75, 3.05) is 18.5 Å². The summed E-state index contributed by atoms with van der Waals surface area (Å²) >= 11 is 0. The minimum Gasteiger partial charge on any atom is -0.378 e. The molecular weight excluding hydrogens is 250 g/mol. The normalized spacial score (nSPS) is 19.3. The molecule has 1 N–H and O–H groups in total. The number of hydrogen-bond donors (Lipinski definition) is 1. The van der Waals surface area contributed by atoms with Crippen LogP contribution in [0.25, 0.3) is 0 Å². The summed E-state index contributed by atoms with van der Waals surface area (Å²) < 4.78 is 5.80. The number of nitrogens with one attached hydrogen (secondary N) is 1. The Hall–Kier alpha value is -1.16. The molecule has 112 valence electrons. The van der Waals surface area contributed by atoms with Crippen molar-refractivity contribution < 1.29 is 4.74 Å². The first kappa shape index (κ1) is 15.2. The van der Waals surface area contributed by atoms with E-state index in [1.54, 1.807) is 0 Å². The maximum Gasteiger partial charge on any atom is 0.133 e. The Labute approximate surface area is 122 Å². The molecule has 2 heterocycles. The highest BCUT2D eigenvalue weighted by molar-refractivity contribution is 5.37. The van der Waals surface area contributed by atoms with Gasteiger partial charge in [0.1, 0.15) is 11.6 Å². The van der Waals surface area contributed by atoms with Crippen molar-refractivity contribution in [1.29, 1.82) is 0 Å². The van der Waals surface area contributed by atoms with Crippen molar-refractivity contribution in [3.05, 3.63) is 17.6 Å². The van der Waals surface area contributed by atoms with Gasteiger partial charge in [0.05, 0.1) is 6.10 Å². The van der Waals surface area contributed by atoms with E-state index in [0.717, 1.165) is 49.8 Å². The first-order chi connectivity index (χ1) is 9.69. The molecule has 20 heavy (non-hydrogen) atoms. The minimum atomic E-state index is 0.296. The molecule has 0 radical (unpaired) electrons. The van der Waals surface area contributed by atoms with Crippen LogP contribution in [0.15, 0.2) is 6.07 Å². The first-order valence-electron chi connectivity index (χ1n) is 7.92. The van der Waals surface area contributed by atoms with Gasteiger partial charge in [0.25, 0.3) is 0 Å². The van der Waals surface area contributed by atoms with Crippen molar-refractivity contribution in [2.45, 2.75) is 64.9 Å². The number of nitrogens with zero attached hydrogens (tertiary/aromatic N) is 2. The van der Waals surface area contributed by atoms with Crippen molar-refractivity contribution in [1.82, 2.24) is 9.97 Å². The summed E-state index contributed by atoms with van der Waals surface area (Å²) in [5, 5.41) is 3.38. The zero-order valence-electron chi connectivity index (χ0n) is 13.0. The fourth-order valence-electron chi connectivity index (χ4n) is 2.42. The molecule has 1 aliphatic rings. The third kappa shape index (κ3) is 4.44. The second kappa shape index (κ2) is 7.58. The lowest BCUT2D eigenvalue weighted by atomic mass is 10.1. The monoisotopic (exact) mass is 277 g/mol. The van der Waals surface area contributed by atoms with Crippen LogP contribution in [0.1, 0.15) is 63.9 Å². The molecule has 0 bridgehead atoms. The molecule has 1 atom stereocenters. The van der Waals surface area contributed by atoms with E-state index < -0.39 is 0 Å². The lowest BCUT2D eigenvalue weighted by Crippen LogP contribution is -2.23. The van der Waals surface area contributed by atoms with Crippen LogP contribution in [-0.4, -0.2) is 29.2 Å². The summed E-state index contributed by atoms with van der Waals surface area (Å²) in [5.74, 6) is 2.30. The highest BCUT2D eigenvalue weighted by Crippen LogP contribution is 2.19. The van der Waals surface area contributed by atoms with Gasteiger partial charge in [-0.15, -0.1) is 0 Å². The van der Waals surface area contributed by atoms with Gasteiger partial charge in [-0.1, -0.05) is 20.8 Å². The Kier molecular flexibility index (Phi) is 5.77. The summed E-state index contributed by atoms with van der Waals surface area (Å²) in [5.41, 5.74) is 1.12. The van der Waals surface area contributed by atoms with Gasteiger partial charge < -0.3 is 10.1 Å². The van der Waals surface area contributed by atoms with Crippen LogP contribution in [0.5, 0.6) is 0 Å². The van der Waals surface area contributed by atoms with Gasteiger partial charge in [-0.05, 0) is 31.6 Å². The van der Waals surface area contributed by atoms with Crippen LogP contribution in [-0.2, 0) is 11.2 Å². The maximum atomic E-state index is 5.80. The molecule has 0 saturated carbocycles. The average Bonchev–Trinajstić information content (AvgIpc) is 2.46. The molecule has 0 aromatic carbocycles. The van der Waals surface area contributed by atoms with Crippen LogP contribution < -0.4 is 5.32 Å². The molecule has 2 rings (SSSR count). The van der Waals surface area contributed by atoms with E-state index in [4.69, 9.17) is 9.72 Å². The standard InChI is InChI=1S/C16H27N3O/c1-4-8-17-15-11-14(12(2)3)18-16(19-15)10-13-7-5-6-9-20-13/h11-13H,4-10H2,1-3H3,(H,17,18,19). The van der Waals surface area contributed by atoms with Crippen LogP contribution in [0, 0.1) is 0 Å². The SMILES string of the molecule is CCCNc1cc(C(C)C)nc(CC2CCCCO2)n1. The number of aromatic nitrogens is 2. The van der Waals surface area contributed by atoms with Crippen molar-refractivity contribution >= 4 is 5.82 Å². The fraction of sp³-hybridized carbons (Fsp3) is 0.750. The molecule has 0 amide bonds. The second-order valence-electron chi connectivity index (χ2n) is 5.87. The quantitative estimate of drug-likeness (QED) is 0.864. The molecular formula is C16H27N3O. The molecule has 0 aliphatic carbocycles. The van der Waals surface area contributed by atoms with Gasteiger partial charge in [0.15, 0.2) is 0 Å². The zero-order valence-corrected chi connectivity index (χ0v) is 13.0. The van der Waals surface area contributed by atoms with E-state index in [-0.39, 0.29) is 0 Å². The van der Waals surface area contributed by atoms with E-state index in [9.17, 15) is 0 Å². The molecule has 4 nitrogen and oxygen atoms in total. The van der Waals surface area contributed by atoms with E-state index in [1.165, 1.54) is 12.8 Å². The van der Waals surface area contributed by atoms with Crippen molar-refractivity contribution in [3.8, 4) is 0 Å². The number of rotatable bonds is 6. The van der Waals surface area contributed by atoms with Gasteiger partial charge in [0.2, 0.25) is 0 Å². The predicted octanol–water partition coefficient (Wildman–Crippen LogP) is 3.53. The topological polar surface area (TPSA) is 47.0 Å². The highest BCUT2D eigenvalue weighted by atomic mass is 16.5. The van der Waals surface area contributed by atoms with E-state index in [1.807, 2.05) is 0 Å². The lowest BCUT2D eigenvalue weighted by molar-refractivity contribution is 0.0156. The van der Waals surface area contributed by atoms with Gasteiger partial charge in [-0.2, -0.15) is 0 Å². The lowest BCUT2D eigenvalue weighted by Gasteiger charge is -2.22. The van der Waals surface area contributed by atoms with Crippen LogP contribution in [0.4, 0.5) is 5.82 Å². The van der Waals surface area contributed by atoms with Gasteiger partial charge >= 0.3 is 0 Å². The highest BCUT2D eigenvalue weighted by Gasteiger charge is 2.17. The summed E-state index contributed by atoms with van der Waals surface area (Å²) in [6, 6.07) is 2.07. The summed E-state index contributed by atoms with van der Waals surface area (Å²) in [6.07, 6.45) is 5.81. The van der Waals surface area contributed by atoms with Crippen LogP contribution in [0.3, 0.4) is 0 Å². The van der Waals surface area contributed by atoms with E-state index in [2.05, 4.69) is 37.1 Å².